The molecule has 5 heteroatoms. The minimum atomic E-state index is -0.503. The summed E-state index contributed by atoms with van der Waals surface area (Å²) >= 11 is 5.89. The number of nitrogens with one attached hydrogen (secondary N) is 1. The van der Waals surface area contributed by atoms with Crippen molar-refractivity contribution in [1.82, 2.24) is 4.98 Å². The van der Waals surface area contributed by atoms with Crippen molar-refractivity contribution in [2.45, 2.75) is 6.54 Å². The summed E-state index contributed by atoms with van der Waals surface area (Å²) in [6.45, 7) is 0.307. The summed E-state index contributed by atoms with van der Waals surface area (Å²) in [5, 5.41) is 3.27. The van der Waals surface area contributed by atoms with E-state index in [2.05, 4.69) is 10.3 Å². The Kier molecular flexibility index (Phi) is 3.54. The first-order valence-corrected chi connectivity index (χ1v) is 5.32. The second kappa shape index (κ2) is 5.10. The van der Waals surface area contributed by atoms with E-state index in [0.29, 0.717) is 11.6 Å². The Hall–Kier alpha value is -1.68. The summed E-state index contributed by atoms with van der Waals surface area (Å²) in [6, 6.07) is 4.96. The number of hydrogen-bond donors (Lipinski definition) is 1. The Labute approximate surface area is 102 Å². The zero-order valence-electron chi connectivity index (χ0n) is 8.75. The summed E-state index contributed by atoms with van der Waals surface area (Å²) in [5.41, 5.74) is 0.878. The van der Waals surface area contributed by atoms with Crippen molar-refractivity contribution in [3.63, 3.8) is 0 Å². The largest absolute Gasteiger partial charge is 0.378 e. The van der Waals surface area contributed by atoms with E-state index >= 15 is 0 Å². The van der Waals surface area contributed by atoms with Gasteiger partial charge in [0.2, 0.25) is 0 Å². The molecule has 1 heterocycles. The maximum Gasteiger partial charge on any atom is 0.146 e. The summed E-state index contributed by atoms with van der Waals surface area (Å²) in [4.78, 5) is 3.84. The molecule has 0 unspecified atom stereocenters. The highest BCUT2D eigenvalue weighted by atomic mass is 35.5. The topological polar surface area (TPSA) is 24.9 Å². The fourth-order valence-electron chi connectivity index (χ4n) is 1.37. The van der Waals surface area contributed by atoms with Crippen LogP contribution < -0.4 is 5.32 Å². The predicted octanol–water partition coefficient (Wildman–Crippen LogP) is 3.63. The molecule has 0 aliphatic rings. The number of anilines is 1. The van der Waals surface area contributed by atoms with Gasteiger partial charge in [0.1, 0.15) is 11.6 Å². The van der Waals surface area contributed by atoms with Crippen LogP contribution in [0, 0.1) is 11.6 Å². The van der Waals surface area contributed by atoms with Gasteiger partial charge in [-0.25, -0.2) is 8.78 Å². The van der Waals surface area contributed by atoms with Crippen LogP contribution in [0.3, 0.4) is 0 Å². The normalized spacial score (nSPS) is 10.3. The molecule has 1 aromatic carbocycles. The number of pyridine rings is 1. The molecule has 0 bridgehead atoms. The van der Waals surface area contributed by atoms with Crippen LogP contribution in [0.2, 0.25) is 5.02 Å². The first kappa shape index (κ1) is 11.8. The Morgan fingerprint density at radius 2 is 2.06 bits per heavy atom. The van der Waals surface area contributed by atoms with E-state index in [4.69, 9.17) is 11.6 Å². The molecule has 0 spiro atoms. The SMILES string of the molecule is Fc1ccc(F)c(NCc2ccncc2Cl)c1. The maximum absolute atomic E-state index is 13.3. The van der Waals surface area contributed by atoms with Gasteiger partial charge in [-0.2, -0.15) is 0 Å². The standard InChI is InChI=1S/C12H9ClF2N2/c13-10-7-16-4-3-8(10)6-17-12-5-9(14)1-2-11(12)15/h1-5,7,17H,6H2. The molecule has 0 aliphatic heterocycles. The molecule has 2 rings (SSSR count). The Bertz CT molecular complexity index is 532. The van der Waals surface area contributed by atoms with Gasteiger partial charge >= 0.3 is 0 Å². The van der Waals surface area contributed by atoms with E-state index in [1.54, 1.807) is 12.3 Å². The zero-order valence-corrected chi connectivity index (χ0v) is 9.51. The van der Waals surface area contributed by atoms with Gasteiger partial charge in [-0.05, 0) is 29.8 Å². The van der Waals surface area contributed by atoms with Crippen LogP contribution in [0.4, 0.5) is 14.5 Å². The molecule has 2 aromatic rings. The maximum atomic E-state index is 13.3. The van der Waals surface area contributed by atoms with E-state index in [-0.39, 0.29) is 5.69 Å². The van der Waals surface area contributed by atoms with Gasteiger partial charge in [0.15, 0.2) is 0 Å². The van der Waals surface area contributed by atoms with Gasteiger partial charge in [-0.15, -0.1) is 0 Å². The van der Waals surface area contributed by atoms with Gasteiger partial charge in [-0.3, -0.25) is 4.98 Å². The van der Waals surface area contributed by atoms with E-state index in [1.165, 1.54) is 6.20 Å². The average molecular weight is 255 g/mol. The van der Waals surface area contributed by atoms with E-state index in [0.717, 1.165) is 23.8 Å². The van der Waals surface area contributed by atoms with Crippen LogP contribution >= 0.6 is 11.6 Å². The van der Waals surface area contributed by atoms with Gasteiger partial charge in [-0.1, -0.05) is 11.6 Å². The average Bonchev–Trinajstić information content (AvgIpc) is 2.32. The molecule has 17 heavy (non-hydrogen) atoms. The van der Waals surface area contributed by atoms with Crippen LogP contribution in [0.25, 0.3) is 0 Å². The first-order chi connectivity index (χ1) is 8.16. The quantitative estimate of drug-likeness (QED) is 0.905. The molecular formula is C12H9ClF2N2. The lowest BCUT2D eigenvalue weighted by molar-refractivity contribution is 0.602. The molecule has 0 saturated carbocycles. The molecule has 0 saturated heterocycles. The number of aromatic nitrogens is 1. The third-order valence-corrected chi connectivity index (χ3v) is 2.59. The number of nitrogens with zero attached hydrogens (tertiary/aromatic N) is 1. The molecule has 2 nitrogen and oxygen atoms in total. The second-order valence-electron chi connectivity index (χ2n) is 3.44. The van der Waals surface area contributed by atoms with Gasteiger partial charge < -0.3 is 5.32 Å². The first-order valence-electron chi connectivity index (χ1n) is 4.94. The Morgan fingerprint density at radius 1 is 1.24 bits per heavy atom. The summed E-state index contributed by atoms with van der Waals surface area (Å²) in [7, 11) is 0. The highest BCUT2D eigenvalue weighted by Crippen LogP contribution is 2.18. The highest BCUT2D eigenvalue weighted by Gasteiger charge is 2.04. The molecule has 0 amide bonds. The minimum Gasteiger partial charge on any atom is -0.378 e. The van der Waals surface area contributed by atoms with Crippen LogP contribution in [0.5, 0.6) is 0 Å². The number of rotatable bonds is 3. The summed E-state index contributed by atoms with van der Waals surface area (Å²) < 4.78 is 26.2. The lowest BCUT2D eigenvalue weighted by atomic mass is 10.2. The van der Waals surface area contributed by atoms with Crippen LogP contribution in [-0.4, -0.2) is 4.98 Å². The second-order valence-corrected chi connectivity index (χ2v) is 3.85. The summed E-state index contributed by atoms with van der Waals surface area (Å²) in [6.07, 6.45) is 3.09. The monoisotopic (exact) mass is 254 g/mol. The van der Waals surface area contributed by atoms with E-state index in [9.17, 15) is 8.78 Å². The van der Waals surface area contributed by atoms with E-state index < -0.39 is 11.6 Å². The van der Waals surface area contributed by atoms with Gasteiger partial charge in [0.25, 0.3) is 0 Å². The van der Waals surface area contributed by atoms with Gasteiger partial charge in [0.05, 0.1) is 10.7 Å². The van der Waals surface area contributed by atoms with Crippen LogP contribution in [-0.2, 0) is 6.54 Å². The molecule has 0 fully saturated rings. The van der Waals surface area contributed by atoms with E-state index in [1.807, 2.05) is 0 Å². The summed E-state index contributed by atoms with van der Waals surface area (Å²) in [5.74, 6) is -0.994. The van der Waals surface area contributed by atoms with Gasteiger partial charge in [0, 0.05) is 18.9 Å². The van der Waals surface area contributed by atoms with Crippen LogP contribution in [0.1, 0.15) is 5.56 Å². The van der Waals surface area contributed by atoms with Crippen molar-refractivity contribution in [2.24, 2.45) is 0 Å². The molecule has 1 N–H and O–H groups in total. The molecule has 0 aliphatic carbocycles. The fraction of sp³-hybridized carbons (Fsp3) is 0.0833. The van der Waals surface area contributed by atoms with Crippen molar-refractivity contribution >= 4 is 17.3 Å². The lowest BCUT2D eigenvalue weighted by Gasteiger charge is -2.08. The van der Waals surface area contributed by atoms with Crippen molar-refractivity contribution in [1.29, 1.82) is 0 Å². The molecule has 0 radical (unpaired) electrons. The third-order valence-electron chi connectivity index (χ3n) is 2.25. The molecule has 1 aromatic heterocycles. The highest BCUT2D eigenvalue weighted by molar-refractivity contribution is 6.31. The fourth-order valence-corrected chi connectivity index (χ4v) is 1.56. The lowest BCUT2D eigenvalue weighted by Crippen LogP contribution is -2.02. The molecule has 88 valence electrons. The third kappa shape index (κ3) is 2.91. The smallest absolute Gasteiger partial charge is 0.146 e. The number of benzene rings is 1. The predicted molar refractivity (Wildman–Crippen MR) is 62.9 cm³/mol. The zero-order chi connectivity index (χ0) is 12.3. The van der Waals surface area contributed by atoms with Crippen LogP contribution in [0.15, 0.2) is 36.7 Å². The van der Waals surface area contributed by atoms with Crippen molar-refractivity contribution in [3.05, 3.63) is 58.9 Å². The number of hydrogen-bond acceptors (Lipinski definition) is 2. The molecule has 0 atom stereocenters. The minimum absolute atomic E-state index is 0.109. The molecular weight excluding hydrogens is 246 g/mol. The van der Waals surface area contributed by atoms with Crippen molar-refractivity contribution in [2.75, 3.05) is 5.32 Å². The Balaban J connectivity index is 2.12. The van der Waals surface area contributed by atoms with Crippen molar-refractivity contribution in [3.8, 4) is 0 Å². The van der Waals surface area contributed by atoms with Crippen molar-refractivity contribution < 1.29 is 8.78 Å². The number of halogens is 3. The Morgan fingerprint density at radius 3 is 2.82 bits per heavy atom.